The van der Waals surface area contributed by atoms with Crippen LogP contribution in [0.1, 0.15) is 91.2 Å². The van der Waals surface area contributed by atoms with E-state index in [1.165, 1.54) is 11.0 Å². The van der Waals surface area contributed by atoms with Gasteiger partial charge in [0.2, 0.25) is 27.7 Å². The highest BCUT2D eigenvalue weighted by Gasteiger charge is 2.63. The average Bonchev–Trinajstić information content (AvgIpc) is 4.08. The number of carbonyl (C=O) groups is 4. The Morgan fingerprint density at radius 2 is 1.85 bits per heavy atom. The molecule has 2 aliphatic heterocycles. The number of sulfonamides is 1. The number of methoxy groups -OCH3 is 1. The summed E-state index contributed by atoms with van der Waals surface area (Å²) in [6, 6.07) is 3.19. The zero-order valence-electron chi connectivity index (χ0n) is 32.2. The SMILES string of the molecule is C=C[C@@H]1C[C@]1(NC(=O)[C@@H]1C[C@@H]2CN1C(=O)[C@H](C(C)(C)C)NC(=O)O[C@@H]1C[C@H]1CCCCCc1nc3ccc(OC)cc3nc1O2)C(=O)NS(=O)(=O)C1(C)CC1. The first-order valence-corrected chi connectivity index (χ1v) is 20.8. The van der Waals surface area contributed by atoms with E-state index in [1.54, 1.807) is 20.1 Å². The number of nitrogens with zero attached hydrogens (tertiary/aromatic N) is 3. The number of carbonyl (C=O) groups excluding carboxylic acids is 4. The number of nitrogens with one attached hydrogen (secondary N) is 3. The molecule has 5 aliphatic rings. The predicted molar refractivity (Wildman–Crippen MR) is 201 cm³/mol. The highest BCUT2D eigenvalue weighted by Crippen LogP contribution is 2.47. The molecule has 2 bridgehead atoms. The number of aryl methyl sites for hydroxylation is 1. The minimum atomic E-state index is -4.00. The van der Waals surface area contributed by atoms with Crippen molar-refractivity contribution < 1.29 is 41.8 Å². The van der Waals surface area contributed by atoms with E-state index in [0.717, 1.165) is 32.1 Å². The fourth-order valence-corrected chi connectivity index (χ4v) is 9.05. The molecule has 4 fully saturated rings. The molecule has 7 rings (SSSR count). The molecular formula is C39H52N6O9S. The van der Waals surface area contributed by atoms with Gasteiger partial charge in [-0.05, 0) is 75.3 Å². The van der Waals surface area contributed by atoms with Crippen molar-refractivity contribution in [3.63, 3.8) is 0 Å². The molecule has 7 atom stereocenters. The van der Waals surface area contributed by atoms with Crippen LogP contribution in [0.5, 0.6) is 11.6 Å². The Hall–Kier alpha value is -4.47. The Kier molecular flexibility index (Phi) is 10.0. The molecule has 1 aromatic carbocycles. The van der Waals surface area contributed by atoms with Crippen LogP contribution in [0.3, 0.4) is 0 Å². The van der Waals surface area contributed by atoms with Gasteiger partial charge in [0, 0.05) is 18.4 Å². The maximum atomic E-state index is 14.6. The lowest BCUT2D eigenvalue weighted by atomic mass is 9.85. The number of rotatable bonds is 7. The van der Waals surface area contributed by atoms with Gasteiger partial charge in [-0.1, -0.05) is 39.7 Å². The van der Waals surface area contributed by atoms with Crippen LogP contribution in [0.4, 0.5) is 4.79 Å². The molecule has 1 aromatic heterocycles. The molecule has 3 N–H and O–H groups in total. The monoisotopic (exact) mass is 780 g/mol. The number of hydrogen-bond donors (Lipinski definition) is 3. The smallest absolute Gasteiger partial charge is 0.408 e. The normalized spacial score (nSPS) is 30.5. The molecule has 0 unspecified atom stereocenters. The molecule has 0 radical (unpaired) electrons. The Morgan fingerprint density at radius 1 is 1.09 bits per heavy atom. The van der Waals surface area contributed by atoms with Gasteiger partial charge in [-0.3, -0.25) is 19.1 Å². The third-order valence-corrected chi connectivity index (χ3v) is 14.1. The first kappa shape index (κ1) is 38.8. The molecule has 3 saturated carbocycles. The number of fused-ring (bicyclic) bond motifs is 5. The van der Waals surface area contributed by atoms with Gasteiger partial charge in [0.1, 0.15) is 41.3 Å². The largest absolute Gasteiger partial charge is 0.497 e. The number of amides is 4. The van der Waals surface area contributed by atoms with Gasteiger partial charge in [0.05, 0.1) is 29.4 Å². The molecule has 55 heavy (non-hydrogen) atoms. The van der Waals surface area contributed by atoms with Gasteiger partial charge in [0.15, 0.2) is 0 Å². The summed E-state index contributed by atoms with van der Waals surface area (Å²) in [5, 5.41) is 5.62. The van der Waals surface area contributed by atoms with Crippen molar-refractivity contribution in [2.24, 2.45) is 17.3 Å². The van der Waals surface area contributed by atoms with Crippen molar-refractivity contribution in [3.05, 3.63) is 36.5 Å². The topological polar surface area (TPSA) is 195 Å². The summed E-state index contributed by atoms with van der Waals surface area (Å²) in [7, 11) is -2.43. The highest BCUT2D eigenvalue weighted by molar-refractivity contribution is 7.91. The van der Waals surface area contributed by atoms with Gasteiger partial charge in [0.25, 0.3) is 5.91 Å². The Morgan fingerprint density at radius 3 is 2.53 bits per heavy atom. The van der Waals surface area contributed by atoms with Crippen LogP contribution in [0.25, 0.3) is 11.0 Å². The van der Waals surface area contributed by atoms with Crippen molar-refractivity contribution in [1.82, 2.24) is 30.2 Å². The highest BCUT2D eigenvalue weighted by atomic mass is 32.2. The van der Waals surface area contributed by atoms with Crippen molar-refractivity contribution >= 4 is 44.9 Å². The molecule has 298 valence electrons. The van der Waals surface area contributed by atoms with E-state index in [4.69, 9.17) is 24.2 Å². The standard InChI is InChI=1S/C39H52N6O9S/c1-7-23-20-39(23,35(48)44-55(50,51)38(5)15-16-38)43-32(46)29-19-25-21-45(29)34(47)31(37(2,3)4)42-36(49)54-30-17-22(30)11-9-8-10-12-27-33(53-25)41-28-18-24(52-6)13-14-26(28)40-27/h7,13-14,18,22-23,25,29-31H,1,8-12,15-17,19-21H2,2-6H3,(H,42,49)(H,43,46)(H,44,48)/t22-,23-,25-,29+,30-,31-,39-/m1/s1. The molecule has 1 saturated heterocycles. The number of aromatic nitrogens is 2. The molecular weight excluding hydrogens is 729 g/mol. The van der Waals surface area contributed by atoms with Gasteiger partial charge in [-0.2, -0.15) is 0 Å². The fraction of sp³-hybridized carbons (Fsp3) is 0.641. The van der Waals surface area contributed by atoms with Gasteiger partial charge >= 0.3 is 6.09 Å². The van der Waals surface area contributed by atoms with E-state index in [2.05, 4.69) is 21.9 Å². The number of hydrogen-bond acceptors (Lipinski definition) is 11. The lowest BCUT2D eigenvalue weighted by Crippen LogP contribution is -2.60. The summed E-state index contributed by atoms with van der Waals surface area (Å²) in [4.78, 5) is 67.1. The van der Waals surface area contributed by atoms with E-state index in [1.807, 2.05) is 32.9 Å². The quantitative estimate of drug-likeness (QED) is 0.347. The second-order valence-corrected chi connectivity index (χ2v) is 19.4. The number of alkyl carbamates (subject to hydrolysis) is 1. The molecule has 15 nitrogen and oxygen atoms in total. The first-order valence-electron chi connectivity index (χ1n) is 19.3. The molecule has 4 amide bonds. The summed E-state index contributed by atoms with van der Waals surface area (Å²) in [6.07, 6.45) is 5.83. The van der Waals surface area contributed by atoms with Crippen molar-refractivity contribution in [3.8, 4) is 11.6 Å². The van der Waals surface area contributed by atoms with E-state index < -0.39 is 73.6 Å². The second kappa shape index (κ2) is 14.2. The van der Waals surface area contributed by atoms with Gasteiger partial charge in [-0.15, -0.1) is 6.58 Å². The third-order valence-electron chi connectivity index (χ3n) is 11.9. The first-order chi connectivity index (χ1) is 26.0. The van der Waals surface area contributed by atoms with E-state index in [9.17, 15) is 27.6 Å². The molecule has 2 aromatic rings. The third kappa shape index (κ3) is 7.83. The second-order valence-electron chi connectivity index (χ2n) is 17.2. The molecule has 3 heterocycles. The van der Waals surface area contributed by atoms with E-state index in [-0.39, 0.29) is 31.4 Å². The van der Waals surface area contributed by atoms with Crippen LogP contribution >= 0.6 is 0 Å². The summed E-state index contributed by atoms with van der Waals surface area (Å²) < 4.78 is 45.0. The molecule has 16 heteroatoms. The lowest BCUT2D eigenvalue weighted by Gasteiger charge is -2.35. The van der Waals surface area contributed by atoms with Crippen LogP contribution in [-0.2, 0) is 35.6 Å². The molecule has 0 spiro atoms. The lowest BCUT2D eigenvalue weighted by molar-refractivity contribution is -0.142. The van der Waals surface area contributed by atoms with Crippen molar-refractivity contribution in [1.29, 1.82) is 0 Å². The zero-order valence-corrected chi connectivity index (χ0v) is 33.0. The number of ether oxygens (including phenoxy) is 3. The fourth-order valence-electron chi connectivity index (χ4n) is 7.74. The summed E-state index contributed by atoms with van der Waals surface area (Å²) in [6.45, 7) is 10.8. The van der Waals surface area contributed by atoms with Gasteiger partial charge in [-0.25, -0.2) is 23.2 Å². The van der Waals surface area contributed by atoms with Gasteiger partial charge < -0.3 is 29.7 Å². The number of benzene rings is 1. The Labute approximate surface area is 321 Å². The Balaban J connectivity index is 1.22. The van der Waals surface area contributed by atoms with Crippen molar-refractivity contribution in [2.45, 2.75) is 126 Å². The van der Waals surface area contributed by atoms with Crippen LogP contribution in [0.15, 0.2) is 30.9 Å². The van der Waals surface area contributed by atoms with Crippen LogP contribution in [0, 0.1) is 17.3 Å². The van der Waals surface area contributed by atoms with Crippen LogP contribution in [0.2, 0.25) is 0 Å². The predicted octanol–water partition coefficient (Wildman–Crippen LogP) is 3.69. The van der Waals surface area contributed by atoms with E-state index >= 15 is 0 Å². The summed E-state index contributed by atoms with van der Waals surface area (Å²) in [5.41, 5.74) is -0.475. The minimum Gasteiger partial charge on any atom is -0.497 e. The summed E-state index contributed by atoms with van der Waals surface area (Å²) in [5.74, 6) is -1.42. The van der Waals surface area contributed by atoms with Crippen LogP contribution in [-0.4, -0.2) is 95.3 Å². The van der Waals surface area contributed by atoms with Crippen LogP contribution < -0.4 is 24.8 Å². The average molecular weight is 781 g/mol. The molecule has 3 aliphatic carbocycles. The maximum Gasteiger partial charge on any atom is 0.408 e. The zero-order chi connectivity index (χ0) is 39.5. The summed E-state index contributed by atoms with van der Waals surface area (Å²) >= 11 is 0. The Bertz CT molecular complexity index is 2010. The minimum absolute atomic E-state index is 0.0206. The maximum absolute atomic E-state index is 14.6. The van der Waals surface area contributed by atoms with E-state index in [0.29, 0.717) is 47.6 Å². The van der Waals surface area contributed by atoms with Crippen molar-refractivity contribution in [2.75, 3.05) is 13.7 Å².